The molecule has 0 aliphatic rings. The van der Waals surface area contributed by atoms with E-state index in [9.17, 15) is 8.42 Å². The van der Waals surface area contributed by atoms with Crippen LogP contribution in [0.2, 0.25) is 5.15 Å². The Hall–Kier alpha value is -1.45. The van der Waals surface area contributed by atoms with Crippen molar-refractivity contribution in [1.29, 1.82) is 0 Å². The van der Waals surface area contributed by atoms with Gasteiger partial charge in [-0.3, -0.25) is 0 Å². The van der Waals surface area contributed by atoms with E-state index in [1.54, 1.807) is 14.0 Å². The van der Waals surface area contributed by atoms with Crippen molar-refractivity contribution in [3.8, 4) is 0 Å². The summed E-state index contributed by atoms with van der Waals surface area (Å²) in [5.74, 6) is 0.600. The van der Waals surface area contributed by atoms with Crippen LogP contribution in [0.4, 0.5) is 0 Å². The minimum atomic E-state index is -3.79. The lowest BCUT2D eigenvalue weighted by Gasteiger charge is -2.02. The topological polar surface area (TPSA) is 103 Å². The molecule has 2 rings (SSSR count). The van der Waals surface area contributed by atoms with Gasteiger partial charge in [-0.15, -0.1) is 0 Å². The summed E-state index contributed by atoms with van der Waals surface area (Å²) in [6, 6.07) is 0. The summed E-state index contributed by atoms with van der Waals surface area (Å²) in [7, 11) is -2.20. The molecule has 0 aliphatic heterocycles. The van der Waals surface area contributed by atoms with Crippen molar-refractivity contribution >= 4 is 21.6 Å². The van der Waals surface area contributed by atoms with Crippen LogP contribution in [0.25, 0.3) is 0 Å². The normalized spacial score (nSPS) is 11.9. The number of nitrogens with zero attached hydrogens (tertiary/aromatic N) is 4. The molecule has 0 saturated heterocycles. The van der Waals surface area contributed by atoms with Crippen molar-refractivity contribution in [3.63, 3.8) is 0 Å². The molecule has 0 amide bonds. The zero-order valence-corrected chi connectivity index (χ0v) is 11.2. The van der Waals surface area contributed by atoms with E-state index < -0.39 is 10.0 Å². The van der Waals surface area contributed by atoms with Crippen LogP contribution in [0.15, 0.2) is 15.9 Å². The average molecular weight is 292 g/mol. The minimum Gasteiger partial charge on any atom is -0.340 e. The SMILES string of the molecule is Cc1nc(CNS(=O)(=O)c2ncn(C)c2Cl)no1. The molecule has 0 aliphatic carbocycles. The second-order valence-electron chi connectivity index (χ2n) is 3.51. The number of aromatic nitrogens is 4. The third kappa shape index (κ3) is 2.52. The van der Waals surface area contributed by atoms with Crippen LogP contribution in [0.3, 0.4) is 0 Å². The van der Waals surface area contributed by atoms with E-state index >= 15 is 0 Å². The van der Waals surface area contributed by atoms with Crippen LogP contribution in [-0.2, 0) is 23.6 Å². The molecular formula is C8H10ClN5O3S. The fourth-order valence-electron chi connectivity index (χ4n) is 1.22. The van der Waals surface area contributed by atoms with E-state index in [4.69, 9.17) is 16.1 Å². The number of nitrogens with one attached hydrogen (secondary N) is 1. The molecule has 0 spiro atoms. The van der Waals surface area contributed by atoms with E-state index in [0.29, 0.717) is 5.89 Å². The predicted molar refractivity (Wildman–Crippen MR) is 61.3 cm³/mol. The summed E-state index contributed by atoms with van der Waals surface area (Å²) in [6.07, 6.45) is 1.31. The molecule has 18 heavy (non-hydrogen) atoms. The molecule has 0 fully saturated rings. The molecular weight excluding hydrogens is 282 g/mol. The second kappa shape index (κ2) is 4.67. The van der Waals surface area contributed by atoms with Crippen LogP contribution in [0, 0.1) is 6.92 Å². The maximum atomic E-state index is 11.9. The van der Waals surface area contributed by atoms with Crippen molar-refractivity contribution < 1.29 is 12.9 Å². The van der Waals surface area contributed by atoms with Gasteiger partial charge in [-0.1, -0.05) is 16.8 Å². The van der Waals surface area contributed by atoms with Gasteiger partial charge >= 0.3 is 0 Å². The van der Waals surface area contributed by atoms with Gasteiger partial charge in [0.05, 0.1) is 12.9 Å². The zero-order valence-electron chi connectivity index (χ0n) is 9.58. The lowest BCUT2D eigenvalue weighted by Crippen LogP contribution is -2.24. The Morgan fingerprint density at radius 2 is 2.28 bits per heavy atom. The van der Waals surface area contributed by atoms with Crippen molar-refractivity contribution in [1.82, 2.24) is 24.4 Å². The first-order valence-corrected chi connectivity index (χ1v) is 6.72. The predicted octanol–water partition coefficient (Wildman–Crippen LogP) is 0.243. The van der Waals surface area contributed by atoms with Gasteiger partial charge in [-0.05, 0) is 0 Å². The van der Waals surface area contributed by atoms with Crippen LogP contribution in [0.1, 0.15) is 11.7 Å². The van der Waals surface area contributed by atoms with E-state index in [-0.39, 0.29) is 22.5 Å². The first-order chi connectivity index (χ1) is 8.40. The van der Waals surface area contributed by atoms with Crippen LogP contribution in [-0.4, -0.2) is 28.1 Å². The first-order valence-electron chi connectivity index (χ1n) is 4.86. The smallest absolute Gasteiger partial charge is 0.261 e. The summed E-state index contributed by atoms with van der Waals surface area (Å²) >= 11 is 5.81. The van der Waals surface area contributed by atoms with Gasteiger partial charge in [0.1, 0.15) is 5.15 Å². The number of hydrogen-bond acceptors (Lipinski definition) is 6. The Labute approximate surface area is 108 Å². The van der Waals surface area contributed by atoms with E-state index in [1.807, 2.05) is 0 Å². The van der Waals surface area contributed by atoms with Crippen LogP contribution < -0.4 is 4.72 Å². The Morgan fingerprint density at radius 1 is 1.56 bits per heavy atom. The Kier molecular flexibility index (Phi) is 3.37. The minimum absolute atomic E-state index is 0.0341. The number of halogens is 1. The molecule has 0 bridgehead atoms. The first kappa shape index (κ1) is 13.0. The highest BCUT2D eigenvalue weighted by Gasteiger charge is 2.22. The Balaban J connectivity index is 2.15. The van der Waals surface area contributed by atoms with E-state index in [1.165, 1.54) is 10.9 Å². The summed E-state index contributed by atoms with van der Waals surface area (Å²) in [5.41, 5.74) is 0. The molecule has 98 valence electrons. The molecule has 0 atom stereocenters. The molecule has 2 heterocycles. The average Bonchev–Trinajstić information content (AvgIpc) is 2.85. The monoisotopic (exact) mass is 291 g/mol. The molecule has 0 radical (unpaired) electrons. The highest BCUT2D eigenvalue weighted by atomic mass is 35.5. The summed E-state index contributed by atoms with van der Waals surface area (Å²) in [6.45, 7) is 1.52. The maximum Gasteiger partial charge on any atom is 0.261 e. The van der Waals surface area contributed by atoms with Crippen molar-refractivity contribution in [3.05, 3.63) is 23.2 Å². The molecule has 8 nitrogen and oxygen atoms in total. The van der Waals surface area contributed by atoms with Gasteiger partial charge < -0.3 is 9.09 Å². The van der Waals surface area contributed by atoms with Crippen LogP contribution in [0.5, 0.6) is 0 Å². The lowest BCUT2D eigenvalue weighted by atomic mass is 10.6. The number of aryl methyl sites for hydroxylation is 2. The third-order valence-corrected chi connectivity index (χ3v) is 3.97. The van der Waals surface area contributed by atoms with Gasteiger partial charge in [0.25, 0.3) is 10.0 Å². The van der Waals surface area contributed by atoms with Crippen molar-refractivity contribution in [2.75, 3.05) is 0 Å². The second-order valence-corrected chi connectivity index (χ2v) is 5.55. The Bertz CT molecular complexity index is 662. The van der Waals surface area contributed by atoms with Gasteiger partial charge in [0, 0.05) is 14.0 Å². The number of rotatable bonds is 4. The molecule has 1 N–H and O–H groups in total. The quantitative estimate of drug-likeness (QED) is 0.866. The molecule has 2 aromatic rings. The summed E-state index contributed by atoms with van der Waals surface area (Å²) < 4.78 is 32.2. The largest absolute Gasteiger partial charge is 0.340 e. The molecule has 0 saturated carbocycles. The molecule has 10 heteroatoms. The highest BCUT2D eigenvalue weighted by molar-refractivity contribution is 7.89. The third-order valence-electron chi connectivity index (χ3n) is 2.08. The standard InChI is InChI=1S/C8H10ClN5O3S/c1-5-12-6(13-17-5)3-11-18(15,16)8-7(9)14(2)4-10-8/h4,11H,3H2,1-2H3. The molecule has 0 unspecified atom stereocenters. The number of sulfonamides is 1. The summed E-state index contributed by atoms with van der Waals surface area (Å²) in [4.78, 5) is 7.59. The molecule has 2 aromatic heterocycles. The van der Waals surface area contributed by atoms with Crippen molar-refractivity contribution in [2.45, 2.75) is 18.5 Å². The number of hydrogen-bond donors (Lipinski definition) is 1. The van der Waals surface area contributed by atoms with Gasteiger partial charge in [-0.25, -0.2) is 18.1 Å². The highest BCUT2D eigenvalue weighted by Crippen LogP contribution is 2.18. The fraction of sp³-hybridized carbons (Fsp3) is 0.375. The Morgan fingerprint density at radius 3 is 2.78 bits per heavy atom. The van der Waals surface area contributed by atoms with E-state index in [0.717, 1.165) is 0 Å². The maximum absolute atomic E-state index is 11.9. The van der Waals surface area contributed by atoms with Gasteiger partial charge in [-0.2, -0.15) is 4.98 Å². The molecule has 0 aromatic carbocycles. The number of imidazole rings is 1. The van der Waals surface area contributed by atoms with Gasteiger partial charge in [0.2, 0.25) is 10.9 Å². The van der Waals surface area contributed by atoms with E-state index in [2.05, 4.69) is 19.8 Å². The van der Waals surface area contributed by atoms with Crippen LogP contribution >= 0.6 is 11.6 Å². The fourth-order valence-corrected chi connectivity index (χ4v) is 2.62. The van der Waals surface area contributed by atoms with Gasteiger partial charge in [0.15, 0.2) is 5.82 Å². The van der Waals surface area contributed by atoms with Crippen molar-refractivity contribution in [2.24, 2.45) is 7.05 Å². The summed E-state index contributed by atoms with van der Waals surface area (Å²) in [5, 5.41) is 3.37. The zero-order chi connectivity index (χ0) is 13.3. The lowest BCUT2D eigenvalue weighted by molar-refractivity contribution is 0.387.